The van der Waals surface area contributed by atoms with Gasteiger partial charge in [-0.3, -0.25) is 19.6 Å². The van der Waals surface area contributed by atoms with Gasteiger partial charge >= 0.3 is 30.4 Å². The molecule has 4 heterocycles. The molecule has 104 heavy (non-hydrogen) atoms. The van der Waals surface area contributed by atoms with E-state index in [2.05, 4.69) is 71.0 Å². The number of carbonyl (C=O) groups is 6. The Hall–Kier alpha value is -8.14. The van der Waals surface area contributed by atoms with Crippen molar-refractivity contribution in [3.8, 4) is 0 Å². The highest BCUT2D eigenvalue weighted by Gasteiger charge is 2.31. The largest absolute Gasteiger partial charge is 0.444 e. The van der Waals surface area contributed by atoms with Crippen LogP contribution in [-0.4, -0.2) is 142 Å². The zero-order chi connectivity index (χ0) is 75.9. The Kier molecular flexibility index (Phi) is 36.2. The number of aromatic nitrogens is 4. The van der Waals surface area contributed by atoms with Crippen molar-refractivity contribution >= 4 is 105 Å². The monoisotopic (exact) mass is 1620 g/mol. The molecule has 0 unspecified atom stereocenters. The molecule has 4 aromatic heterocycles. The third-order valence-electron chi connectivity index (χ3n) is 16.3. The van der Waals surface area contributed by atoms with Crippen LogP contribution in [0.25, 0.3) is 0 Å². The van der Waals surface area contributed by atoms with Crippen LogP contribution < -0.4 is 43.0 Å². The number of nitrogens with zero attached hydrogens (tertiary/aromatic N) is 6. The van der Waals surface area contributed by atoms with Gasteiger partial charge in [0.25, 0.3) is 0 Å². The number of benzene rings is 4. The predicted molar refractivity (Wildman–Crippen MR) is 416 cm³/mol. The summed E-state index contributed by atoms with van der Waals surface area (Å²) in [7, 11) is 3.25. The van der Waals surface area contributed by atoms with Gasteiger partial charge in [-0.05, 0) is 99.6 Å². The fourth-order valence-electron chi connectivity index (χ4n) is 10.9. The molecule has 0 fully saturated rings. The molecular weight excluding hydrogens is 1530 g/mol. The van der Waals surface area contributed by atoms with Gasteiger partial charge in [0.05, 0.1) is 61.8 Å². The maximum atomic E-state index is 13.9. The van der Waals surface area contributed by atoms with Crippen LogP contribution in [0.4, 0.5) is 32.3 Å². The maximum absolute atomic E-state index is 13.9. The molecule has 6 atom stereocenters. The lowest BCUT2D eigenvalue weighted by Gasteiger charge is -2.27. The van der Waals surface area contributed by atoms with Crippen molar-refractivity contribution in [1.82, 2.24) is 67.0 Å². The van der Waals surface area contributed by atoms with Crippen LogP contribution in [0, 0.1) is 0 Å². The van der Waals surface area contributed by atoms with Crippen molar-refractivity contribution in [3.05, 3.63) is 209 Å². The van der Waals surface area contributed by atoms with Gasteiger partial charge in [0, 0.05) is 76.2 Å². The Balaban J connectivity index is 0.000000370. The standard InChI is InChI=1S/C38H48F3N7O4S2.C36H47N7O4S2.HI.H2/c1-26(2)35-45-31(23-53-35)21-48(3)36(50)47-33(16-17-42-24-38(39,40)41)34(49)44-29(18-27-10-6-4-7-11-27)14-15-30(19-28-12-8-5-9-13-28)46-37(51)52-22-32-20-43-25-54-32;1-25(2)34-40-30(23-48-34)21-43(3)35(45)42-32(16-17-37)33(44)39-28(18-26-10-6-4-7-11-26)14-15-29(19-27-12-8-5-9-13-27)41-36(46)47-22-31-20-38-24-49-31;;/h4-13,20,23,25-26,29-30,33,42H,14-19,21-22,24H2,1-3H3,(H,44,49)(H,46,51)(H,47,50);4-13,20,23-25,28-29,32H,14-19,21-22,37H2,1-3H3,(H,39,44)(H,41,46)(H,42,45);2*1H/t29-,30-,33+;28-,29-,32+;;/m11../s1/i;;;1+1D. The number of urea groups is 2. The quantitative estimate of drug-likeness (QED) is 0.0132. The number of hydrogen-bond acceptors (Lipinski definition) is 18. The molecule has 22 nitrogen and oxygen atoms in total. The molecule has 0 aliphatic heterocycles. The number of rotatable bonds is 38. The Labute approximate surface area is 643 Å². The van der Waals surface area contributed by atoms with Gasteiger partial charge in [-0.15, -0.1) is 69.3 Å². The normalized spacial score (nSPS) is 13.0. The Bertz CT molecular complexity index is 3790. The van der Waals surface area contributed by atoms with Crippen molar-refractivity contribution in [2.45, 2.75) is 172 Å². The first-order valence-electron chi connectivity index (χ1n) is 35.3. The molecule has 4 aromatic carbocycles. The number of thiazole rings is 4. The van der Waals surface area contributed by atoms with Crippen molar-refractivity contribution < 1.29 is 54.4 Å². The van der Waals surface area contributed by atoms with E-state index in [0.29, 0.717) is 69.5 Å². The van der Waals surface area contributed by atoms with Crippen LogP contribution in [0.5, 0.6) is 0 Å². The van der Waals surface area contributed by atoms with Crippen molar-refractivity contribution in [3.63, 3.8) is 0 Å². The molecule has 30 heteroatoms. The number of alkyl carbamates (subject to hydrolysis) is 2. The molecule has 0 saturated carbocycles. The minimum Gasteiger partial charge on any atom is -0.444 e. The third kappa shape index (κ3) is 32.1. The third-order valence-corrected chi connectivity index (χ3v) is 20.2. The summed E-state index contributed by atoms with van der Waals surface area (Å²) in [4.78, 5) is 102. The number of amides is 8. The highest BCUT2D eigenvalue weighted by Crippen LogP contribution is 2.23. The molecule has 8 amide bonds. The average molecular weight is 1630 g/mol. The van der Waals surface area contributed by atoms with Gasteiger partial charge in [0.2, 0.25) is 11.8 Å². The maximum Gasteiger partial charge on any atom is 0.407 e. The summed E-state index contributed by atoms with van der Waals surface area (Å²) in [6, 6.07) is 34.9. The summed E-state index contributed by atoms with van der Waals surface area (Å²) in [5, 5.41) is 26.0. The molecule has 0 aliphatic carbocycles. The predicted octanol–water partition coefficient (Wildman–Crippen LogP) is 13.3. The fourth-order valence-corrected chi connectivity index (χ4v) is 13.5. The Morgan fingerprint density at radius 3 is 1.16 bits per heavy atom. The van der Waals surface area contributed by atoms with Crippen LogP contribution in [0.2, 0.25) is 0 Å². The summed E-state index contributed by atoms with van der Waals surface area (Å²) in [6.07, 6.45) is 2.15. The Morgan fingerprint density at radius 1 is 0.510 bits per heavy atom. The number of carbonyl (C=O) groups excluding carboxylic acids is 6. The van der Waals surface area contributed by atoms with Gasteiger partial charge in [-0.2, -0.15) is 13.2 Å². The zero-order valence-corrected chi connectivity index (χ0v) is 64.9. The fraction of sp³-hybridized carbons (Fsp3) is 0.432. The van der Waals surface area contributed by atoms with Crippen molar-refractivity contribution in [1.29, 1.82) is 0 Å². The lowest BCUT2D eigenvalue weighted by atomic mass is 9.95. The topological polar surface area (TPSA) is 289 Å². The van der Waals surface area contributed by atoms with Gasteiger partial charge in [-0.25, -0.2) is 29.1 Å². The molecule has 8 rings (SSSR count). The highest BCUT2D eigenvalue weighted by molar-refractivity contribution is 14.0. The summed E-state index contributed by atoms with van der Waals surface area (Å²) in [5.74, 6) is -0.290. The molecule has 8 aromatic rings. The van der Waals surface area contributed by atoms with E-state index in [4.69, 9.17) is 18.2 Å². The number of nitrogens with two attached hydrogens (primary N) is 1. The van der Waals surface area contributed by atoms with Gasteiger partial charge < -0.3 is 62.2 Å². The SMILES string of the molecule is CC(C)c1nc(CN(C)C(=O)N[C@@H](CCN)C(=O)N[C@H](CC[C@H](Cc2ccccc2)NC(=O)OCc2cncs2)Cc2ccccc2)cs1.CC(C)c1nc(CN(C)C(=O)N[C@@H](CCNCC(F)(F)F)C(=O)N[C@H](CC[C@H](Cc2ccccc2)NC(=O)OCc2cncs2)Cc2ccccc2)cs1.I.[2H][2H]. The zero-order valence-electron chi connectivity index (χ0n) is 61.4. The van der Waals surface area contributed by atoms with E-state index in [1.807, 2.05) is 146 Å². The summed E-state index contributed by atoms with van der Waals surface area (Å²) >= 11 is 5.88. The molecular formula is C74H98F3IN14O8S4. The molecule has 0 radical (unpaired) electrons. The van der Waals surface area contributed by atoms with Gasteiger partial charge in [0.15, 0.2) is 0 Å². The van der Waals surface area contributed by atoms with Gasteiger partial charge in [0.1, 0.15) is 25.3 Å². The highest BCUT2D eigenvalue weighted by atomic mass is 127. The second-order valence-corrected chi connectivity index (χ2v) is 29.4. The summed E-state index contributed by atoms with van der Waals surface area (Å²) < 4.78 is 59.6. The van der Waals surface area contributed by atoms with E-state index in [9.17, 15) is 41.9 Å². The van der Waals surface area contributed by atoms with E-state index in [-0.39, 0.29) is 106 Å². The van der Waals surface area contributed by atoms with Crippen molar-refractivity contribution in [2.75, 3.05) is 33.7 Å². The molecule has 9 N–H and O–H groups in total. The molecule has 0 bridgehead atoms. The number of alkyl halides is 3. The van der Waals surface area contributed by atoms with E-state index in [1.165, 1.54) is 43.8 Å². The first-order valence-corrected chi connectivity index (χ1v) is 37.8. The van der Waals surface area contributed by atoms with Crippen molar-refractivity contribution in [2.24, 2.45) is 5.73 Å². The van der Waals surface area contributed by atoms with E-state index >= 15 is 0 Å². The second kappa shape index (κ2) is 45.3. The lowest BCUT2D eigenvalue weighted by molar-refractivity contribution is -0.125. The Morgan fingerprint density at radius 2 is 0.856 bits per heavy atom. The van der Waals surface area contributed by atoms with E-state index in [0.717, 1.165) is 47.7 Å². The van der Waals surface area contributed by atoms with E-state index in [1.54, 1.807) is 48.8 Å². The number of hydrogen-bond donors (Lipinski definition) is 8. The van der Waals surface area contributed by atoms with Crippen LogP contribution in [0.1, 0.15) is 134 Å². The lowest BCUT2D eigenvalue weighted by Crippen LogP contribution is -2.53. The number of ether oxygens (including phenoxy) is 2. The molecule has 0 spiro atoms. The van der Waals surface area contributed by atoms with Gasteiger partial charge in [-0.1, -0.05) is 149 Å². The minimum atomic E-state index is -4.43. The molecule has 564 valence electrons. The molecule has 0 aliphatic rings. The number of halogens is 4. The second-order valence-electron chi connectivity index (χ2n) is 25.6. The first-order chi connectivity index (χ1) is 50.5. The smallest absolute Gasteiger partial charge is 0.407 e. The summed E-state index contributed by atoms with van der Waals surface area (Å²) in [6.45, 7) is 7.80. The summed E-state index contributed by atoms with van der Waals surface area (Å²) in [5.41, 5.74) is 14.9. The number of nitrogens with one attached hydrogen (secondary N) is 7. The van der Waals surface area contributed by atoms with E-state index < -0.39 is 55.0 Å². The average Bonchev–Trinajstić information content (AvgIpc) is 1.42. The minimum absolute atomic E-state index is 0. The van der Waals surface area contributed by atoms with Crippen LogP contribution in [-0.2, 0) is 71.0 Å². The van der Waals surface area contributed by atoms with Crippen LogP contribution >= 0.6 is 69.3 Å². The first kappa shape index (κ1) is 83.1. The molecule has 0 saturated heterocycles. The van der Waals surface area contributed by atoms with Crippen LogP contribution in [0.15, 0.2) is 156 Å². The van der Waals surface area contributed by atoms with Crippen LogP contribution in [0.3, 0.4) is 0 Å².